The van der Waals surface area contributed by atoms with E-state index in [1.165, 1.54) is 0 Å². The molecule has 1 atom stereocenters. The zero-order chi connectivity index (χ0) is 17.8. The Morgan fingerprint density at radius 1 is 1.24 bits per heavy atom. The first-order valence-corrected chi connectivity index (χ1v) is 8.49. The van der Waals surface area contributed by atoms with Gasteiger partial charge in [0.1, 0.15) is 11.6 Å². The highest BCUT2D eigenvalue weighted by molar-refractivity contribution is 5.84. The Balaban J connectivity index is 1.66. The fourth-order valence-electron chi connectivity index (χ4n) is 2.88. The first-order valence-electron chi connectivity index (χ1n) is 8.49. The molecule has 1 heterocycles. The number of amides is 1. The third-order valence-corrected chi connectivity index (χ3v) is 4.28. The second-order valence-corrected chi connectivity index (χ2v) is 6.09. The maximum atomic E-state index is 12.6. The summed E-state index contributed by atoms with van der Waals surface area (Å²) in [5, 5.41) is 2.25. The van der Waals surface area contributed by atoms with E-state index in [4.69, 9.17) is 4.74 Å². The molecule has 5 heteroatoms. The van der Waals surface area contributed by atoms with E-state index >= 15 is 0 Å². The summed E-state index contributed by atoms with van der Waals surface area (Å²) in [6.07, 6.45) is 3.12. The van der Waals surface area contributed by atoms with Gasteiger partial charge in [-0.05, 0) is 36.8 Å². The van der Waals surface area contributed by atoms with Crippen LogP contribution in [0.5, 0.6) is 5.75 Å². The van der Waals surface area contributed by atoms with Crippen LogP contribution in [0.25, 0.3) is 10.8 Å². The van der Waals surface area contributed by atoms with Crippen LogP contribution in [0.3, 0.4) is 0 Å². The number of carbonyl (C=O) groups excluding carboxylic acids is 1. The predicted molar refractivity (Wildman–Crippen MR) is 98.4 cm³/mol. The van der Waals surface area contributed by atoms with Crippen molar-refractivity contribution in [1.29, 1.82) is 0 Å². The van der Waals surface area contributed by atoms with Gasteiger partial charge in [-0.2, -0.15) is 0 Å². The van der Waals surface area contributed by atoms with E-state index in [1.807, 2.05) is 47.2 Å². The molecule has 0 aliphatic rings. The SMILES string of the molecule is CCn1ccnc1CN(C)C(=O)[C@@H](C)Oc1ccc2ccccc2c1. The third kappa shape index (κ3) is 3.82. The van der Waals surface area contributed by atoms with Gasteiger partial charge in [0.15, 0.2) is 6.10 Å². The molecule has 130 valence electrons. The van der Waals surface area contributed by atoms with Gasteiger partial charge in [-0.1, -0.05) is 30.3 Å². The van der Waals surface area contributed by atoms with Crippen LogP contribution in [-0.2, 0) is 17.9 Å². The van der Waals surface area contributed by atoms with E-state index in [0.29, 0.717) is 12.3 Å². The van der Waals surface area contributed by atoms with Gasteiger partial charge in [0.2, 0.25) is 0 Å². The topological polar surface area (TPSA) is 47.4 Å². The zero-order valence-corrected chi connectivity index (χ0v) is 14.8. The molecule has 3 rings (SSSR count). The Bertz CT molecular complexity index is 872. The van der Waals surface area contributed by atoms with Crippen LogP contribution in [0.1, 0.15) is 19.7 Å². The standard InChI is InChI=1S/C20H23N3O2/c1-4-23-12-11-21-19(23)14-22(3)20(24)15(2)25-18-10-9-16-7-5-6-8-17(16)13-18/h5-13,15H,4,14H2,1-3H3/t15-/m1/s1. The molecule has 0 saturated heterocycles. The van der Waals surface area contributed by atoms with Crippen LogP contribution in [0.2, 0.25) is 0 Å². The number of hydrogen-bond acceptors (Lipinski definition) is 3. The Kier molecular flexibility index (Phi) is 5.03. The summed E-state index contributed by atoms with van der Waals surface area (Å²) in [5.74, 6) is 1.50. The van der Waals surface area contributed by atoms with Gasteiger partial charge in [0.05, 0.1) is 6.54 Å². The van der Waals surface area contributed by atoms with Gasteiger partial charge in [0, 0.05) is 26.0 Å². The lowest BCUT2D eigenvalue weighted by atomic mass is 10.1. The van der Waals surface area contributed by atoms with Crippen LogP contribution < -0.4 is 4.74 Å². The Labute approximate surface area is 147 Å². The molecule has 0 spiro atoms. The summed E-state index contributed by atoms with van der Waals surface area (Å²) in [5.41, 5.74) is 0. The van der Waals surface area contributed by atoms with Crippen molar-refractivity contribution < 1.29 is 9.53 Å². The van der Waals surface area contributed by atoms with Crippen molar-refractivity contribution in [3.63, 3.8) is 0 Å². The number of likely N-dealkylation sites (N-methyl/N-ethyl adjacent to an activating group) is 1. The molecule has 0 aliphatic heterocycles. The molecular formula is C20H23N3O2. The van der Waals surface area contributed by atoms with E-state index in [-0.39, 0.29) is 5.91 Å². The molecule has 3 aromatic rings. The van der Waals surface area contributed by atoms with Crippen LogP contribution in [0.4, 0.5) is 0 Å². The first kappa shape index (κ1) is 17.0. The summed E-state index contributed by atoms with van der Waals surface area (Å²) >= 11 is 0. The predicted octanol–water partition coefficient (Wildman–Crippen LogP) is 3.48. The number of benzene rings is 2. The van der Waals surface area contributed by atoms with Gasteiger partial charge in [0.25, 0.3) is 5.91 Å². The molecule has 25 heavy (non-hydrogen) atoms. The molecule has 5 nitrogen and oxygen atoms in total. The summed E-state index contributed by atoms with van der Waals surface area (Å²) in [7, 11) is 1.78. The second-order valence-electron chi connectivity index (χ2n) is 6.09. The average molecular weight is 337 g/mol. The van der Waals surface area contributed by atoms with Crippen molar-refractivity contribution in [2.24, 2.45) is 0 Å². The number of rotatable bonds is 6. The monoisotopic (exact) mass is 337 g/mol. The molecule has 2 aromatic carbocycles. The van der Waals surface area contributed by atoms with Crippen LogP contribution in [0, 0.1) is 0 Å². The highest BCUT2D eigenvalue weighted by atomic mass is 16.5. The van der Waals surface area contributed by atoms with Crippen molar-refractivity contribution in [1.82, 2.24) is 14.5 Å². The number of aromatic nitrogens is 2. The largest absolute Gasteiger partial charge is 0.481 e. The van der Waals surface area contributed by atoms with E-state index in [1.54, 1.807) is 25.1 Å². The molecule has 0 N–H and O–H groups in total. The number of carbonyl (C=O) groups is 1. The maximum Gasteiger partial charge on any atom is 0.263 e. The minimum Gasteiger partial charge on any atom is -0.481 e. The van der Waals surface area contributed by atoms with Crippen molar-refractivity contribution in [3.05, 3.63) is 60.7 Å². The highest BCUT2D eigenvalue weighted by Crippen LogP contribution is 2.21. The van der Waals surface area contributed by atoms with E-state index in [0.717, 1.165) is 23.1 Å². The molecule has 0 unspecified atom stereocenters. The molecule has 0 radical (unpaired) electrons. The molecular weight excluding hydrogens is 314 g/mol. The summed E-state index contributed by atoms with van der Waals surface area (Å²) in [6.45, 7) is 5.13. The van der Waals surface area contributed by atoms with E-state index < -0.39 is 6.10 Å². The van der Waals surface area contributed by atoms with E-state index in [9.17, 15) is 4.79 Å². The molecule has 0 aliphatic carbocycles. The Morgan fingerprint density at radius 2 is 2.00 bits per heavy atom. The van der Waals surface area contributed by atoms with Gasteiger partial charge in [-0.15, -0.1) is 0 Å². The van der Waals surface area contributed by atoms with Crippen LogP contribution >= 0.6 is 0 Å². The highest BCUT2D eigenvalue weighted by Gasteiger charge is 2.20. The smallest absolute Gasteiger partial charge is 0.263 e. The number of hydrogen-bond donors (Lipinski definition) is 0. The summed E-state index contributed by atoms with van der Waals surface area (Å²) < 4.78 is 7.89. The Morgan fingerprint density at radius 3 is 2.76 bits per heavy atom. The molecule has 0 fully saturated rings. The molecule has 1 amide bonds. The van der Waals surface area contributed by atoms with Gasteiger partial charge < -0.3 is 14.2 Å². The van der Waals surface area contributed by atoms with Gasteiger partial charge in [-0.3, -0.25) is 4.79 Å². The summed E-state index contributed by atoms with van der Waals surface area (Å²) in [4.78, 5) is 18.6. The van der Waals surface area contributed by atoms with E-state index in [2.05, 4.69) is 18.0 Å². The maximum absolute atomic E-state index is 12.6. The fourth-order valence-corrected chi connectivity index (χ4v) is 2.88. The quantitative estimate of drug-likeness (QED) is 0.692. The molecule has 1 aromatic heterocycles. The average Bonchev–Trinajstić information content (AvgIpc) is 3.08. The lowest BCUT2D eigenvalue weighted by molar-refractivity contribution is -0.137. The van der Waals surface area contributed by atoms with Crippen molar-refractivity contribution in [2.45, 2.75) is 33.0 Å². The third-order valence-electron chi connectivity index (χ3n) is 4.28. The molecule has 0 saturated carbocycles. The lowest BCUT2D eigenvalue weighted by Crippen LogP contribution is -2.38. The lowest BCUT2D eigenvalue weighted by Gasteiger charge is -2.22. The first-order chi connectivity index (χ1) is 12.1. The number of nitrogens with zero attached hydrogens (tertiary/aromatic N) is 3. The van der Waals surface area contributed by atoms with Crippen LogP contribution in [0.15, 0.2) is 54.9 Å². The fraction of sp³-hybridized carbons (Fsp3) is 0.300. The summed E-state index contributed by atoms with van der Waals surface area (Å²) in [6, 6.07) is 13.9. The number of ether oxygens (including phenoxy) is 1. The normalized spacial score (nSPS) is 12.1. The van der Waals surface area contributed by atoms with Crippen molar-refractivity contribution in [2.75, 3.05) is 7.05 Å². The second kappa shape index (κ2) is 7.38. The minimum absolute atomic E-state index is 0.0705. The number of aryl methyl sites for hydroxylation is 1. The van der Waals surface area contributed by atoms with Gasteiger partial charge in [-0.25, -0.2) is 4.98 Å². The van der Waals surface area contributed by atoms with Crippen molar-refractivity contribution in [3.8, 4) is 5.75 Å². The van der Waals surface area contributed by atoms with Gasteiger partial charge >= 0.3 is 0 Å². The number of fused-ring (bicyclic) bond motifs is 1. The zero-order valence-electron chi connectivity index (χ0n) is 14.8. The molecule has 0 bridgehead atoms. The van der Waals surface area contributed by atoms with Crippen LogP contribution in [-0.4, -0.2) is 33.5 Å². The number of imidazole rings is 1. The minimum atomic E-state index is -0.559. The Hall–Kier alpha value is -2.82. The van der Waals surface area contributed by atoms with Crippen molar-refractivity contribution >= 4 is 16.7 Å².